The Labute approximate surface area is 141 Å². The van der Waals surface area contributed by atoms with Gasteiger partial charge in [-0.25, -0.2) is 4.39 Å². The van der Waals surface area contributed by atoms with Gasteiger partial charge in [-0.15, -0.1) is 0 Å². The summed E-state index contributed by atoms with van der Waals surface area (Å²) < 4.78 is 18.4. The molecule has 2 aromatic rings. The number of amides is 1. The van der Waals surface area contributed by atoms with Crippen molar-refractivity contribution < 1.29 is 13.6 Å². The molecule has 0 radical (unpaired) electrons. The maximum Gasteiger partial charge on any atom is 0.222 e. The van der Waals surface area contributed by atoms with Crippen molar-refractivity contribution in [3.05, 3.63) is 59.8 Å². The van der Waals surface area contributed by atoms with E-state index in [1.807, 2.05) is 17.0 Å². The van der Waals surface area contributed by atoms with Gasteiger partial charge >= 0.3 is 0 Å². The van der Waals surface area contributed by atoms with Gasteiger partial charge in [0.1, 0.15) is 11.6 Å². The Bertz CT molecular complexity index is 655. The fraction of sp³-hybridized carbons (Fsp3) is 0.421. The zero-order valence-electron chi connectivity index (χ0n) is 14.0. The minimum absolute atomic E-state index is 0.174. The molecule has 1 unspecified atom stereocenters. The largest absolute Gasteiger partial charge is 0.468 e. The number of hydrogen-bond donors (Lipinski definition) is 0. The molecule has 0 saturated carbocycles. The molecule has 1 aliphatic heterocycles. The van der Waals surface area contributed by atoms with Crippen LogP contribution < -0.4 is 0 Å². The van der Waals surface area contributed by atoms with Gasteiger partial charge in [-0.1, -0.05) is 12.1 Å². The number of carbonyl (C=O) groups is 1. The molecule has 1 fully saturated rings. The number of furan rings is 1. The first-order valence-corrected chi connectivity index (χ1v) is 8.36. The smallest absolute Gasteiger partial charge is 0.222 e. The van der Waals surface area contributed by atoms with Crippen molar-refractivity contribution in [1.82, 2.24) is 9.80 Å². The Hall–Kier alpha value is -2.14. The molecule has 4 nitrogen and oxygen atoms in total. The fourth-order valence-corrected chi connectivity index (χ4v) is 3.22. The van der Waals surface area contributed by atoms with Crippen molar-refractivity contribution in [1.29, 1.82) is 0 Å². The monoisotopic (exact) mass is 330 g/mol. The van der Waals surface area contributed by atoms with E-state index in [2.05, 4.69) is 11.9 Å². The molecule has 128 valence electrons. The zero-order valence-corrected chi connectivity index (χ0v) is 14.0. The molecule has 5 heteroatoms. The Balaban J connectivity index is 1.58. The van der Waals surface area contributed by atoms with Crippen molar-refractivity contribution in [3.63, 3.8) is 0 Å². The first kappa shape index (κ1) is 16.7. The van der Waals surface area contributed by atoms with Crippen LogP contribution in [0.5, 0.6) is 0 Å². The van der Waals surface area contributed by atoms with E-state index in [1.54, 1.807) is 18.4 Å². The summed E-state index contributed by atoms with van der Waals surface area (Å²) in [5.74, 6) is 0.866. The van der Waals surface area contributed by atoms with Crippen molar-refractivity contribution in [2.75, 3.05) is 13.6 Å². The molecule has 0 aliphatic carbocycles. The quantitative estimate of drug-likeness (QED) is 0.843. The SMILES string of the molecule is CN(Cc1ccco1)C1CCC(=O)N(Cc2ccc(F)cc2)CC1. The molecule has 1 aliphatic rings. The van der Waals surface area contributed by atoms with Crippen LogP contribution in [0.2, 0.25) is 0 Å². The lowest BCUT2D eigenvalue weighted by molar-refractivity contribution is -0.131. The van der Waals surface area contributed by atoms with Gasteiger partial charge in [0.2, 0.25) is 5.91 Å². The molecule has 24 heavy (non-hydrogen) atoms. The average molecular weight is 330 g/mol. The number of rotatable bonds is 5. The lowest BCUT2D eigenvalue weighted by Crippen LogP contribution is -2.33. The second-order valence-corrected chi connectivity index (χ2v) is 6.42. The van der Waals surface area contributed by atoms with Crippen LogP contribution in [0.3, 0.4) is 0 Å². The topological polar surface area (TPSA) is 36.7 Å². The van der Waals surface area contributed by atoms with Crippen LogP contribution in [0.4, 0.5) is 4.39 Å². The van der Waals surface area contributed by atoms with Crippen LogP contribution >= 0.6 is 0 Å². The van der Waals surface area contributed by atoms with Crippen LogP contribution in [0.15, 0.2) is 47.1 Å². The second kappa shape index (κ2) is 7.62. The predicted octanol–water partition coefficient (Wildman–Crippen LogP) is 3.43. The summed E-state index contributed by atoms with van der Waals surface area (Å²) in [4.78, 5) is 16.5. The number of benzene rings is 1. The number of carbonyl (C=O) groups excluding carboxylic acids is 1. The highest BCUT2D eigenvalue weighted by Gasteiger charge is 2.25. The average Bonchev–Trinajstić information content (AvgIpc) is 3.01. The molecule has 0 spiro atoms. The highest BCUT2D eigenvalue weighted by atomic mass is 19.1. The van der Waals surface area contributed by atoms with Crippen molar-refractivity contribution in [3.8, 4) is 0 Å². The van der Waals surface area contributed by atoms with E-state index in [0.717, 1.165) is 37.3 Å². The molecule has 1 aromatic carbocycles. The predicted molar refractivity (Wildman–Crippen MR) is 89.6 cm³/mol. The summed E-state index contributed by atoms with van der Waals surface area (Å²) in [5.41, 5.74) is 0.965. The normalized spacial score (nSPS) is 18.9. The van der Waals surface area contributed by atoms with Crippen molar-refractivity contribution in [2.45, 2.75) is 38.4 Å². The van der Waals surface area contributed by atoms with E-state index in [9.17, 15) is 9.18 Å². The lowest BCUT2D eigenvalue weighted by Gasteiger charge is -2.26. The van der Waals surface area contributed by atoms with E-state index in [-0.39, 0.29) is 11.7 Å². The minimum atomic E-state index is -0.249. The summed E-state index contributed by atoms with van der Waals surface area (Å²) in [6.07, 6.45) is 4.03. The molecule has 1 amide bonds. The van der Waals surface area contributed by atoms with Gasteiger partial charge in [0.25, 0.3) is 0 Å². The number of nitrogens with zero attached hydrogens (tertiary/aromatic N) is 2. The highest BCUT2D eigenvalue weighted by Crippen LogP contribution is 2.20. The first-order chi connectivity index (χ1) is 11.6. The van der Waals surface area contributed by atoms with Crippen LogP contribution in [0, 0.1) is 5.82 Å². The maximum atomic E-state index is 13.0. The van der Waals surface area contributed by atoms with E-state index in [0.29, 0.717) is 19.0 Å². The third-order valence-corrected chi connectivity index (χ3v) is 4.67. The van der Waals surface area contributed by atoms with E-state index in [4.69, 9.17) is 4.42 Å². The van der Waals surface area contributed by atoms with Crippen LogP contribution in [-0.4, -0.2) is 35.3 Å². The summed E-state index contributed by atoms with van der Waals surface area (Å²) in [7, 11) is 2.08. The van der Waals surface area contributed by atoms with E-state index >= 15 is 0 Å². The van der Waals surface area contributed by atoms with Crippen LogP contribution in [0.1, 0.15) is 30.6 Å². The number of likely N-dealkylation sites (tertiary alicyclic amines) is 1. The van der Waals surface area contributed by atoms with Crippen molar-refractivity contribution >= 4 is 5.91 Å². The second-order valence-electron chi connectivity index (χ2n) is 6.42. The molecule has 1 saturated heterocycles. The molecule has 0 bridgehead atoms. The summed E-state index contributed by atoms with van der Waals surface area (Å²) >= 11 is 0. The van der Waals surface area contributed by atoms with Gasteiger partial charge < -0.3 is 9.32 Å². The van der Waals surface area contributed by atoms with Gasteiger partial charge in [0.15, 0.2) is 0 Å². The molecule has 3 rings (SSSR count). The molecule has 1 aromatic heterocycles. The summed E-state index contributed by atoms with van der Waals surface area (Å²) in [6, 6.07) is 10.6. The maximum absolute atomic E-state index is 13.0. The Morgan fingerprint density at radius 1 is 1.25 bits per heavy atom. The minimum Gasteiger partial charge on any atom is -0.468 e. The van der Waals surface area contributed by atoms with Crippen LogP contribution in [-0.2, 0) is 17.9 Å². The Morgan fingerprint density at radius 2 is 2.04 bits per heavy atom. The van der Waals surface area contributed by atoms with Gasteiger partial charge in [-0.2, -0.15) is 0 Å². The molecule has 2 heterocycles. The van der Waals surface area contributed by atoms with Gasteiger partial charge in [-0.3, -0.25) is 9.69 Å². The van der Waals surface area contributed by atoms with Crippen molar-refractivity contribution in [2.24, 2.45) is 0 Å². The van der Waals surface area contributed by atoms with Gasteiger partial charge in [-0.05, 0) is 49.7 Å². The van der Waals surface area contributed by atoms with Gasteiger partial charge in [0, 0.05) is 25.6 Å². The lowest BCUT2D eigenvalue weighted by atomic mass is 10.1. The zero-order chi connectivity index (χ0) is 16.9. The standard InChI is InChI=1S/C19H23FN2O2/c1-21(14-18-3-2-12-24-18)17-8-9-19(23)22(11-10-17)13-15-4-6-16(20)7-5-15/h2-7,12,17H,8-11,13-14H2,1H3. The fourth-order valence-electron chi connectivity index (χ4n) is 3.22. The first-order valence-electron chi connectivity index (χ1n) is 8.36. The highest BCUT2D eigenvalue weighted by molar-refractivity contribution is 5.76. The summed E-state index contributed by atoms with van der Waals surface area (Å²) in [6.45, 7) is 2.03. The third-order valence-electron chi connectivity index (χ3n) is 4.67. The van der Waals surface area contributed by atoms with Gasteiger partial charge in [0.05, 0.1) is 12.8 Å². The third kappa shape index (κ3) is 4.23. The number of hydrogen-bond acceptors (Lipinski definition) is 3. The molecule has 1 atom stereocenters. The summed E-state index contributed by atoms with van der Waals surface area (Å²) in [5, 5.41) is 0. The molecule has 0 N–H and O–H groups in total. The Kier molecular flexibility index (Phi) is 5.30. The van der Waals surface area contributed by atoms with E-state index in [1.165, 1.54) is 12.1 Å². The Morgan fingerprint density at radius 3 is 2.75 bits per heavy atom. The molecular formula is C19H23FN2O2. The van der Waals surface area contributed by atoms with E-state index < -0.39 is 0 Å². The van der Waals surface area contributed by atoms with Crippen LogP contribution in [0.25, 0.3) is 0 Å². The number of halogens is 1. The molecular weight excluding hydrogens is 307 g/mol.